The molecule has 3 N–H and O–H groups in total. The van der Waals surface area contributed by atoms with Crippen molar-refractivity contribution < 1.29 is 28.6 Å². The average Bonchev–Trinajstić information content (AvgIpc) is 3.42. The molecule has 1 atom stereocenters. The molecular formula is C23H26N6O6. The third-order valence-corrected chi connectivity index (χ3v) is 4.99. The number of methoxy groups -OCH3 is 3. The van der Waals surface area contributed by atoms with Gasteiger partial charge in [-0.1, -0.05) is 0 Å². The normalized spacial score (nSPS) is 11.2. The van der Waals surface area contributed by atoms with Crippen molar-refractivity contribution in [1.82, 2.24) is 20.1 Å². The van der Waals surface area contributed by atoms with Gasteiger partial charge in [0.1, 0.15) is 18.7 Å². The summed E-state index contributed by atoms with van der Waals surface area (Å²) in [6.07, 6.45) is 2.82. The number of hydrogen-bond donors (Lipinski definition) is 3. The number of anilines is 2. The zero-order valence-corrected chi connectivity index (χ0v) is 19.7. The van der Waals surface area contributed by atoms with E-state index in [1.54, 1.807) is 31.2 Å². The lowest BCUT2D eigenvalue weighted by Gasteiger charge is -2.14. The van der Waals surface area contributed by atoms with Crippen LogP contribution in [0.5, 0.6) is 17.2 Å². The Morgan fingerprint density at radius 1 is 0.943 bits per heavy atom. The van der Waals surface area contributed by atoms with Gasteiger partial charge in [-0.3, -0.25) is 14.4 Å². The maximum absolute atomic E-state index is 12.5. The topological polar surface area (TPSA) is 146 Å². The van der Waals surface area contributed by atoms with Gasteiger partial charge < -0.3 is 30.2 Å². The van der Waals surface area contributed by atoms with Gasteiger partial charge >= 0.3 is 0 Å². The Bertz CT molecular complexity index is 1150. The number of carbonyl (C=O) groups excluding carboxylic acids is 3. The molecule has 3 amide bonds. The molecule has 0 saturated carbocycles. The van der Waals surface area contributed by atoms with Crippen molar-refractivity contribution in [3.8, 4) is 17.2 Å². The third-order valence-electron chi connectivity index (χ3n) is 4.99. The smallest absolute Gasteiger partial charge is 0.251 e. The van der Waals surface area contributed by atoms with Gasteiger partial charge in [0.05, 0.1) is 27.9 Å². The Morgan fingerprint density at radius 3 is 2.06 bits per heavy atom. The lowest BCUT2D eigenvalue weighted by Crippen LogP contribution is -2.32. The molecule has 184 valence electrons. The number of hydrogen-bond acceptors (Lipinski definition) is 8. The molecule has 0 aliphatic rings. The first-order chi connectivity index (χ1) is 16.9. The molecule has 0 bridgehead atoms. The van der Waals surface area contributed by atoms with Crippen molar-refractivity contribution >= 4 is 29.1 Å². The number of ether oxygens (including phenoxy) is 3. The van der Waals surface area contributed by atoms with Crippen LogP contribution in [-0.4, -0.2) is 60.4 Å². The average molecular weight is 482 g/mol. The van der Waals surface area contributed by atoms with E-state index in [1.807, 2.05) is 0 Å². The number of nitrogens with one attached hydrogen (secondary N) is 3. The van der Waals surface area contributed by atoms with Crippen LogP contribution >= 0.6 is 0 Å². The largest absolute Gasteiger partial charge is 0.493 e. The van der Waals surface area contributed by atoms with Crippen molar-refractivity contribution in [2.75, 3.05) is 38.5 Å². The minimum Gasteiger partial charge on any atom is -0.493 e. The molecule has 0 saturated heterocycles. The van der Waals surface area contributed by atoms with Gasteiger partial charge in [0.25, 0.3) is 5.91 Å². The molecule has 0 radical (unpaired) electrons. The molecule has 0 fully saturated rings. The summed E-state index contributed by atoms with van der Waals surface area (Å²) in [6.45, 7) is 1.44. The number of aromatic nitrogens is 3. The zero-order valence-electron chi connectivity index (χ0n) is 19.7. The number of carbonyl (C=O) groups is 3. The van der Waals surface area contributed by atoms with Crippen molar-refractivity contribution in [3.63, 3.8) is 0 Å². The molecule has 3 rings (SSSR count). The zero-order chi connectivity index (χ0) is 25.4. The van der Waals surface area contributed by atoms with Gasteiger partial charge in [-0.2, -0.15) is 5.10 Å². The van der Waals surface area contributed by atoms with Crippen LogP contribution in [0.25, 0.3) is 0 Å². The summed E-state index contributed by atoms with van der Waals surface area (Å²) >= 11 is 0. The van der Waals surface area contributed by atoms with Crippen LogP contribution in [0.1, 0.15) is 23.3 Å². The van der Waals surface area contributed by atoms with Gasteiger partial charge in [-0.25, -0.2) is 9.67 Å². The van der Waals surface area contributed by atoms with Crippen molar-refractivity contribution in [2.45, 2.75) is 13.0 Å². The van der Waals surface area contributed by atoms with Crippen LogP contribution in [0.3, 0.4) is 0 Å². The number of benzene rings is 2. The van der Waals surface area contributed by atoms with Gasteiger partial charge in [-0.15, -0.1) is 0 Å². The van der Waals surface area contributed by atoms with E-state index in [-0.39, 0.29) is 18.0 Å². The monoisotopic (exact) mass is 482 g/mol. The fraction of sp³-hybridized carbons (Fsp3) is 0.261. The highest BCUT2D eigenvalue weighted by molar-refractivity contribution is 6.00. The predicted octanol–water partition coefficient (Wildman–Crippen LogP) is 1.87. The Morgan fingerprint density at radius 2 is 1.54 bits per heavy atom. The summed E-state index contributed by atoms with van der Waals surface area (Å²) in [5.41, 5.74) is 1.29. The summed E-state index contributed by atoms with van der Waals surface area (Å²) in [7, 11) is 4.35. The van der Waals surface area contributed by atoms with E-state index >= 15 is 0 Å². The fourth-order valence-electron chi connectivity index (χ4n) is 3.10. The first-order valence-corrected chi connectivity index (χ1v) is 10.5. The van der Waals surface area contributed by atoms with Crippen LogP contribution in [0.4, 0.5) is 11.4 Å². The van der Waals surface area contributed by atoms with Crippen molar-refractivity contribution in [3.05, 3.63) is 54.6 Å². The Labute approximate surface area is 201 Å². The molecule has 12 heteroatoms. The molecule has 0 aliphatic carbocycles. The van der Waals surface area contributed by atoms with Gasteiger partial charge in [-0.05, 0) is 43.3 Å². The maximum atomic E-state index is 12.5. The molecule has 1 unspecified atom stereocenters. The number of amides is 3. The van der Waals surface area contributed by atoms with E-state index in [9.17, 15) is 14.4 Å². The molecule has 12 nitrogen and oxygen atoms in total. The summed E-state index contributed by atoms with van der Waals surface area (Å²) in [5, 5.41) is 11.9. The molecule has 0 aliphatic heterocycles. The molecule has 3 aromatic rings. The Hall–Kier alpha value is -4.61. The fourth-order valence-corrected chi connectivity index (χ4v) is 3.10. The van der Waals surface area contributed by atoms with Crippen LogP contribution in [-0.2, 0) is 9.59 Å². The van der Waals surface area contributed by atoms with E-state index in [0.29, 0.717) is 28.6 Å². The van der Waals surface area contributed by atoms with Gasteiger partial charge in [0, 0.05) is 16.9 Å². The summed E-state index contributed by atoms with van der Waals surface area (Å²) in [6, 6.07) is 9.01. The Kier molecular flexibility index (Phi) is 8.22. The predicted molar refractivity (Wildman–Crippen MR) is 127 cm³/mol. The molecule has 2 aromatic carbocycles. The minimum atomic E-state index is -0.536. The second-order valence-electron chi connectivity index (χ2n) is 7.26. The van der Waals surface area contributed by atoms with Gasteiger partial charge in [0.2, 0.25) is 17.6 Å². The number of nitrogens with zero attached hydrogens (tertiary/aromatic N) is 3. The van der Waals surface area contributed by atoms with Crippen LogP contribution in [0.15, 0.2) is 49.1 Å². The van der Waals surface area contributed by atoms with E-state index < -0.39 is 17.9 Å². The van der Waals surface area contributed by atoms with E-state index in [2.05, 4.69) is 26.0 Å². The summed E-state index contributed by atoms with van der Waals surface area (Å²) < 4.78 is 17.2. The number of rotatable bonds is 10. The highest BCUT2D eigenvalue weighted by Crippen LogP contribution is 2.38. The molecule has 1 aromatic heterocycles. The van der Waals surface area contributed by atoms with Crippen LogP contribution in [0.2, 0.25) is 0 Å². The first-order valence-electron chi connectivity index (χ1n) is 10.5. The van der Waals surface area contributed by atoms with Gasteiger partial charge in [0.15, 0.2) is 11.5 Å². The molecule has 35 heavy (non-hydrogen) atoms. The SMILES string of the molecule is COc1cc(C(=O)NCC(=O)Nc2ccc(NC(=O)C(C)n3cncn3)cc2)cc(OC)c1OC. The Balaban J connectivity index is 1.53. The molecule has 0 spiro atoms. The van der Waals surface area contributed by atoms with E-state index in [1.165, 1.54) is 50.8 Å². The lowest BCUT2D eigenvalue weighted by molar-refractivity contribution is -0.119. The molecular weight excluding hydrogens is 456 g/mol. The van der Waals surface area contributed by atoms with E-state index in [4.69, 9.17) is 14.2 Å². The summed E-state index contributed by atoms with van der Waals surface area (Å²) in [4.78, 5) is 41.0. The highest BCUT2D eigenvalue weighted by atomic mass is 16.5. The molecule has 1 heterocycles. The van der Waals surface area contributed by atoms with E-state index in [0.717, 1.165) is 0 Å². The second kappa shape index (κ2) is 11.5. The maximum Gasteiger partial charge on any atom is 0.251 e. The second-order valence-corrected chi connectivity index (χ2v) is 7.26. The summed E-state index contributed by atoms with van der Waals surface area (Å²) in [5.74, 6) is -0.173. The first kappa shape index (κ1) is 25.0. The highest BCUT2D eigenvalue weighted by Gasteiger charge is 2.18. The van der Waals surface area contributed by atoms with Crippen molar-refractivity contribution in [2.24, 2.45) is 0 Å². The quantitative estimate of drug-likeness (QED) is 0.397. The standard InChI is InChI=1S/C23H26N6O6/c1-14(29-13-24-12-26-29)22(31)28-17-7-5-16(6-8-17)27-20(30)11-25-23(32)15-9-18(33-2)21(35-4)19(10-15)34-3/h5-10,12-14H,11H2,1-4H3,(H,25,32)(H,27,30)(H,28,31). The lowest BCUT2D eigenvalue weighted by atomic mass is 10.1. The minimum absolute atomic E-state index is 0.243. The van der Waals surface area contributed by atoms with Crippen LogP contribution < -0.4 is 30.2 Å². The van der Waals surface area contributed by atoms with Crippen LogP contribution in [0, 0.1) is 0 Å². The van der Waals surface area contributed by atoms with Crippen molar-refractivity contribution in [1.29, 1.82) is 0 Å². The third kappa shape index (κ3) is 6.25.